The summed E-state index contributed by atoms with van der Waals surface area (Å²) in [6, 6.07) is 8.68. The Balaban J connectivity index is 2.18. The Morgan fingerprint density at radius 2 is 1.71 bits per heavy atom. The fraction of sp³-hybridized carbons (Fsp3) is 0.200. The molecule has 0 saturated carbocycles. The molecule has 0 spiro atoms. The molecular weight excluding hydrogens is 381 g/mol. The van der Waals surface area contributed by atoms with Gasteiger partial charge in [0.05, 0.1) is 4.90 Å². The standard InChI is InChI=1S/C15H11F3O3S3/c1-8-3-11-4-9-5-12(21-24(19,20)15(16,17)18)14(22-2)7-10(9)6-13(11)23-8/h3-7H,1-2H3. The second-order valence-electron chi connectivity index (χ2n) is 5.08. The summed E-state index contributed by atoms with van der Waals surface area (Å²) in [6.07, 6.45) is 1.64. The minimum Gasteiger partial charge on any atom is -0.375 e. The maximum atomic E-state index is 12.6. The highest BCUT2D eigenvalue weighted by Gasteiger charge is 2.48. The van der Waals surface area contributed by atoms with E-state index in [9.17, 15) is 21.6 Å². The van der Waals surface area contributed by atoms with Crippen molar-refractivity contribution in [3.8, 4) is 5.75 Å². The average molecular weight is 392 g/mol. The van der Waals surface area contributed by atoms with Crippen LogP contribution in [0.2, 0.25) is 0 Å². The lowest BCUT2D eigenvalue weighted by atomic mass is 10.1. The molecule has 0 N–H and O–H groups in total. The first-order valence-electron chi connectivity index (χ1n) is 6.63. The molecule has 0 aliphatic heterocycles. The number of thiophene rings is 1. The van der Waals surface area contributed by atoms with Crippen molar-refractivity contribution in [2.75, 3.05) is 6.26 Å². The van der Waals surface area contributed by atoms with Gasteiger partial charge in [0.2, 0.25) is 0 Å². The van der Waals surface area contributed by atoms with Crippen LogP contribution in [0.25, 0.3) is 20.9 Å². The van der Waals surface area contributed by atoms with Crippen LogP contribution in [0.5, 0.6) is 5.75 Å². The van der Waals surface area contributed by atoms with Gasteiger partial charge in [0.1, 0.15) is 0 Å². The molecule has 24 heavy (non-hydrogen) atoms. The summed E-state index contributed by atoms with van der Waals surface area (Å²) in [5, 5.41) is 2.38. The van der Waals surface area contributed by atoms with Gasteiger partial charge in [0.25, 0.3) is 0 Å². The second kappa shape index (κ2) is 5.82. The number of alkyl halides is 3. The van der Waals surface area contributed by atoms with Gasteiger partial charge in [-0.1, -0.05) is 0 Å². The topological polar surface area (TPSA) is 43.4 Å². The normalized spacial score (nSPS) is 12.9. The highest BCUT2D eigenvalue weighted by atomic mass is 32.2. The molecule has 2 aromatic carbocycles. The number of hydrogen-bond donors (Lipinski definition) is 0. The molecule has 3 nitrogen and oxygen atoms in total. The van der Waals surface area contributed by atoms with Crippen molar-refractivity contribution in [3.05, 3.63) is 35.2 Å². The van der Waals surface area contributed by atoms with E-state index in [4.69, 9.17) is 0 Å². The van der Waals surface area contributed by atoms with Gasteiger partial charge in [-0.15, -0.1) is 23.1 Å². The molecule has 128 valence electrons. The molecule has 3 aromatic rings. The van der Waals surface area contributed by atoms with Crippen LogP contribution in [-0.4, -0.2) is 20.2 Å². The van der Waals surface area contributed by atoms with Gasteiger partial charge < -0.3 is 4.18 Å². The molecular formula is C15H11F3O3S3. The Hall–Kier alpha value is -1.45. The summed E-state index contributed by atoms with van der Waals surface area (Å²) >= 11 is 2.73. The van der Waals surface area contributed by atoms with E-state index in [0.29, 0.717) is 10.3 Å². The van der Waals surface area contributed by atoms with E-state index in [-0.39, 0.29) is 5.75 Å². The van der Waals surface area contributed by atoms with Gasteiger partial charge in [-0.3, -0.25) is 0 Å². The smallest absolute Gasteiger partial charge is 0.375 e. The average Bonchev–Trinajstić information content (AvgIpc) is 2.81. The van der Waals surface area contributed by atoms with Crippen molar-refractivity contribution >= 4 is 54.1 Å². The molecule has 0 fully saturated rings. The van der Waals surface area contributed by atoms with Crippen LogP contribution in [-0.2, 0) is 10.1 Å². The van der Waals surface area contributed by atoms with Crippen LogP contribution in [0, 0.1) is 6.92 Å². The van der Waals surface area contributed by atoms with E-state index < -0.39 is 15.6 Å². The molecule has 1 aromatic heterocycles. The highest BCUT2D eigenvalue weighted by Crippen LogP contribution is 2.38. The fourth-order valence-electron chi connectivity index (χ4n) is 2.32. The van der Waals surface area contributed by atoms with Crippen LogP contribution >= 0.6 is 23.1 Å². The van der Waals surface area contributed by atoms with Gasteiger partial charge in [-0.25, -0.2) is 0 Å². The zero-order valence-electron chi connectivity index (χ0n) is 12.5. The minimum absolute atomic E-state index is 0.321. The van der Waals surface area contributed by atoms with Crippen molar-refractivity contribution in [2.24, 2.45) is 0 Å². The lowest BCUT2D eigenvalue weighted by Gasteiger charge is -2.13. The summed E-state index contributed by atoms with van der Waals surface area (Å²) in [5.74, 6) is -0.321. The zero-order valence-corrected chi connectivity index (χ0v) is 14.9. The second-order valence-corrected chi connectivity index (χ2v) is 8.75. The van der Waals surface area contributed by atoms with E-state index in [0.717, 1.165) is 32.1 Å². The van der Waals surface area contributed by atoms with E-state index in [2.05, 4.69) is 4.18 Å². The number of thioether (sulfide) groups is 1. The largest absolute Gasteiger partial charge is 0.534 e. The van der Waals surface area contributed by atoms with Crippen LogP contribution in [0.15, 0.2) is 35.2 Å². The first-order chi connectivity index (χ1) is 11.1. The van der Waals surface area contributed by atoms with E-state index in [1.54, 1.807) is 23.7 Å². The Morgan fingerprint density at radius 1 is 1.04 bits per heavy atom. The minimum atomic E-state index is -5.70. The van der Waals surface area contributed by atoms with Crippen LogP contribution in [0.3, 0.4) is 0 Å². The number of aryl methyl sites for hydroxylation is 1. The molecule has 0 saturated heterocycles. The molecule has 9 heteroatoms. The first-order valence-corrected chi connectivity index (χ1v) is 10.1. The Morgan fingerprint density at radius 3 is 2.33 bits per heavy atom. The molecule has 0 aliphatic rings. The summed E-state index contributed by atoms with van der Waals surface area (Å²) in [4.78, 5) is 1.43. The summed E-state index contributed by atoms with van der Waals surface area (Å²) in [7, 11) is -5.70. The van der Waals surface area contributed by atoms with Gasteiger partial charge in [-0.05, 0) is 59.7 Å². The monoisotopic (exact) mass is 392 g/mol. The van der Waals surface area contributed by atoms with Crippen molar-refractivity contribution in [2.45, 2.75) is 17.3 Å². The van der Waals surface area contributed by atoms with Crippen LogP contribution in [0.1, 0.15) is 4.88 Å². The van der Waals surface area contributed by atoms with Crippen LogP contribution in [0.4, 0.5) is 13.2 Å². The zero-order chi connectivity index (χ0) is 17.7. The van der Waals surface area contributed by atoms with Gasteiger partial charge >= 0.3 is 15.6 Å². The molecule has 0 aliphatic carbocycles. The van der Waals surface area contributed by atoms with Crippen molar-refractivity contribution in [1.82, 2.24) is 0 Å². The van der Waals surface area contributed by atoms with Crippen LogP contribution < -0.4 is 4.18 Å². The van der Waals surface area contributed by atoms with E-state index >= 15 is 0 Å². The maximum absolute atomic E-state index is 12.6. The number of benzene rings is 2. The number of rotatable bonds is 3. The molecule has 0 bridgehead atoms. The predicted octanol–water partition coefficient (Wildman–Crippen LogP) is 5.31. The first kappa shape index (κ1) is 17.4. The van der Waals surface area contributed by atoms with Crippen molar-refractivity contribution < 1.29 is 25.8 Å². The van der Waals surface area contributed by atoms with Gasteiger partial charge in [0.15, 0.2) is 5.75 Å². The highest BCUT2D eigenvalue weighted by molar-refractivity contribution is 7.98. The molecule has 0 amide bonds. The summed E-state index contributed by atoms with van der Waals surface area (Å²) in [6.45, 7) is 1.97. The molecule has 0 radical (unpaired) electrons. The number of hydrogen-bond acceptors (Lipinski definition) is 5. The summed E-state index contributed by atoms with van der Waals surface area (Å²) in [5.41, 5.74) is -5.47. The number of fused-ring (bicyclic) bond motifs is 2. The van der Waals surface area contributed by atoms with E-state index in [1.807, 2.05) is 25.1 Å². The van der Waals surface area contributed by atoms with Gasteiger partial charge in [-0.2, -0.15) is 21.6 Å². The van der Waals surface area contributed by atoms with Crippen molar-refractivity contribution in [3.63, 3.8) is 0 Å². The third-order valence-corrected chi connectivity index (χ3v) is 6.10. The predicted molar refractivity (Wildman–Crippen MR) is 91.5 cm³/mol. The third-order valence-electron chi connectivity index (χ3n) is 3.36. The molecule has 3 rings (SSSR count). The third kappa shape index (κ3) is 3.07. The molecule has 0 unspecified atom stereocenters. The lowest BCUT2D eigenvalue weighted by molar-refractivity contribution is -0.0500. The number of halogens is 3. The summed E-state index contributed by atoms with van der Waals surface area (Å²) < 4.78 is 65.7. The lowest BCUT2D eigenvalue weighted by Crippen LogP contribution is -2.28. The Kier molecular flexibility index (Phi) is 4.21. The van der Waals surface area contributed by atoms with E-state index in [1.165, 1.54) is 6.07 Å². The maximum Gasteiger partial charge on any atom is 0.534 e. The Labute approximate surface area is 144 Å². The Bertz CT molecular complexity index is 1040. The van der Waals surface area contributed by atoms with Gasteiger partial charge in [0, 0.05) is 9.58 Å². The fourth-order valence-corrected chi connectivity index (χ4v) is 4.34. The quantitative estimate of drug-likeness (QED) is 0.344. The van der Waals surface area contributed by atoms with Crippen molar-refractivity contribution in [1.29, 1.82) is 0 Å². The molecule has 1 heterocycles. The molecule has 0 atom stereocenters. The SMILES string of the molecule is CSc1cc2cc3sc(C)cc3cc2cc1OS(=O)(=O)C(F)(F)F.